The first kappa shape index (κ1) is 54.9. The van der Waals surface area contributed by atoms with Crippen LogP contribution in [0, 0.1) is 11.8 Å². The highest BCUT2D eigenvalue weighted by Gasteiger charge is 2.51. The van der Waals surface area contributed by atoms with E-state index in [4.69, 9.17) is 10.5 Å². The summed E-state index contributed by atoms with van der Waals surface area (Å²) in [4.78, 5) is 132. The molecule has 8 rings (SSSR count). The van der Waals surface area contributed by atoms with Gasteiger partial charge < -0.3 is 55.9 Å². The molecule has 0 bridgehead atoms. The number of rotatable bonds is 18. The Morgan fingerprint density at radius 2 is 1.75 bits per heavy atom. The number of imide groups is 1. The molecule has 402 valence electrons. The largest absolute Gasteiger partial charge is 0.399 e. The first-order valence-corrected chi connectivity index (χ1v) is 26.5. The molecule has 4 aromatic rings. The van der Waals surface area contributed by atoms with Gasteiger partial charge in [-0.05, 0) is 93.6 Å². The highest BCUT2D eigenvalue weighted by molar-refractivity contribution is 7.52. The second kappa shape index (κ2) is 23.3. The molecule has 3 saturated heterocycles. The van der Waals surface area contributed by atoms with Gasteiger partial charge in [0.1, 0.15) is 29.9 Å². The molecule has 5 heterocycles. The van der Waals surface area contributed by atoms with Gasteiger partial charge in [0, 0.05) is 72.6 Å². The van der Waals surface area contributed by atoms with E-state index in [1.54, 1.807) is 55.6 Å². The number of carbonyl (C=O) groups excluding carboxylic acids is 8. The lowest BCUT2D eigenvalue weighted by molar-refractivity contribution is -0.144. The zero-order chi connectivity index (χ0) is 54.5. The quantitative estimate of drug-likeness (QED) is 0.0308. The fourth-order valence-corrected chi connectivity index (χ4v) is 10.5. The molecule has 9 N–H and O–H groups in total. The van der Waals surface area contributed by atoms with Crippen LogP contribution in [0.4, 0.5) is 8.78 Å². The number of aromatic amines is 1. The van der Waals surface area contributed by atoms with Crippen LogP contribution in [0.1, 0.15) is 107 Å². The molecule has 76 heavy (non-hydrogen) atoms. The summed E-state index contributed by atoms with van der Waals surface area (Å²) in [5.74, 6) is 1.73. The number of aromatic nitrogens is 1. The number of ether oxygens (including phenoxy) is 1. The average molecular weight is 1070 g/mol. The molecule has 6 atom stereocenters. The van der Waals surface area contributed by atoms with Crippen LogP contribution in [0.25, 0.3) is 10.9 Å². The third-order valence-corrected chi connectivity index (χ3v) is 15.1. The van der Waals surface area contributed by atoms with Gasteiger partial charge in [-0.2, -0.15) is 8.78 Å². The number of amides is 8. The first-order valence-electron chi connectivity index (χ1n) is 24.9. The number of nitrogens with one attached hydrogen (secondary N) is 5. The summed E-state index contributed by atoms with van der Waals surface area (Å²) >= 11 is 0. The smallest absolute Gasteiger partial charge is 0.379 e. The molecule has 21 nitrogen and oxygen atoms in total. The van der Waals surface area contributed by atoms with Crippen molar-refractivity contribution < 1.29 is 66.2 Å². The molecule has 4 aliphatic rings. The van der Waals surface area contributed by atoms with Gasteiger partial charge >= 0.3 is 13.3 Å². The summed E-state index contributed by atoms with van der Waals surface area (Å²) in [6.45, 7) is 0.988. The molecule has 8 amide bonds. The number of likely N-dealkylation sites (N-methyl/N-ethyl adjacent to an activating group) is 1. The lowest BCUT2D eigenvalue weighted by Crippen LogP contribution is -2.61. The van der Waals surface area contributed by atoms with Crippen LogP contribution in [0.15, 0.2) is 72.8 Å². The molecule has 24 heteroatoms. The Hall–Kier alpha value is -7.35. The normalized spacial score (nSPS) is 20.9. The predicted octanol–water partition coefficient (Wildman–Crippen LogP) is 2.41. The van der Waals surface area contributed by atoms with E-state index in [0.717, 1.165) is 18.2 Å². The maximum atomic E-state index is 14.5. The Labute approximate surface area is 435 Å². The molecule has 3 fully saturated rings. The minimum atomic E-state index is -5.87. The Kier molecular flexibility index (Phi) is 16.8. The summed E-state index contributed by atoms with van der Waals surface area (Å²) in [5.41, 5.74) is 2.67. The van der Waals surface area contributed by atoms with E-state index in [9.17, 15) is 61.5 Å². The fourth-order valence-electron chi connectivity index (χ4n) is 10.1. The van der Waals surface area contributed by atoms with Crippen LogP contribution < -0.4 is 27.0 Å². The molecule has 0 spiro atoms. The van der Waals surface area contributed by atoms with Crippen LogP contribution in [0.3, 0.4) is 0 Å². The number of primary amides is 1. The van der Waals surface area contributed by atoms with Crippen LogP contribution in [0.2, 0.25) is 0 Å². The average Bonchev–Trinajstić information content (AvgIpc) is 4.12. The molecule has 3 aromatic carbocycles. The predicted molar refractivity (Wildman–Crippen MR) is 268 cm³/mol. The molecule has 0 saturated carbocycles. The summed E-state index contributed by atoms with van der Waals surface area (Å²) in [6, 6.07) is 12.8. The molecule has 1 aromatic heterocycles. The van der Waals surface area contributed by atoms with Crippen molar-refractivity contribution in [2.45, 2.75) is 106 Å². The molecule has 3 unspecified atom stereocenters. The van der Waals surface area contributed by atoms with Crippen molar-refractivity contribution in [1.29, 1.82) is 0 Å². The second-order valence-corrected chi connectivity index (χ2v) is 21.0. The number of unbranched alkanes of at least 4 members (excludes halogenated alkanes) is 1. The van der Waals surface area contributed by atoms with Gasteiger partial charge in [-0.1, -0.05) is 54.3 Å². The Morgan fingerprint density at radius 3 is 2.49 bits per heavy atom. The van der Waals surface area contributed by atoms with Crippen molar-refractivity contribution in [3.05, 3.63) is 106 Å². The highest BCUT2D eigenvalue weighted by atomic mass is 31.2. The number of nitrogens with two attached hydrogens (primary N) is 1. The minimum absolute atomic E-state index is 0.0182. The number of carbonyl (C=O) groups is 8. The van der Waals surface area contributed by atoms with E-state index in [1.807, 2.05) is 4.90 Å². The van der Waals surface area contributed by atoms with E-state index in [-0.39, 0.29) is 86.8 Å². The lowest BCUT2D eigenvalue weighted by Gasteiger charge is -2.38. The zero-order valence-electron chi connectivity index (χ0n) is 41.4. The van der Waals surface area contributed by atoms with Crippen molar-refractivity contribution in [2.75, 3.05) is 33.4 Å². The van der Waals surface area contributed by atoms with Crippen LogP contribution in [-0.4, -0.2) is 140 Å². The van der Waals surface area contributed by atoms with Gasteiger partial charge in [0.15, 0.2) is 0 Å². The first-order chi connectivity index (χ1) is 36.2. The summed E-state index contributed by atoms with van der Waals surface area (Å²) in [7, 11) is -4.10. The SMILES string of the molecule is CN1CC[C@H]2CC[C@@H](C(=O)NC(CCC(N)=O)C(=O)NC(COCCCC#Cc3cccc4c3CN(C3CCC(=O)NC3=O)C4=O)c3ccccc3)N2C(=O)[C@@H](NC(=O)c2cc3cc(C(F)(F)P(=O)(O)O)ccc3[nH]2)C1. The Morgan fingerprint density at radius 1 is 0.974 bits per heavy atom. The lowest BCUT2D eigenvalue weighted by atomic mass is 10.0. The van der Waals surface area contributed by atoms with Crippen molar-refractivity contribution in [1.82, 2.24) is 41.0 Å². The number of hydrogen-bond acceptors (Lipinski definition) is 11. The van der Waals surface area contributed by atoms with Gasteiger partial charge in [0.2, 0.25) is 35.4 Å². The second-order valence-electron chi connectivity index (χ2n) is 19.4. The number of hydrogen-bond donors (Lipinski definition) is 8. The van der Waals surface area contributed by atoms with Gasteiger partial charge in [0.25, 0.3) is 11.8 Å². The number of H-pyrrole nitrogens is 1. The number of alkyl halides is 2. The van der Waals surface area contributed by atoms with Crippen LogP contribution >= 0.6 is 7.60 Å². The standard InChI is InChI=1S/C52H58F2N9O12P/c1-61-23-22-34-15-18-43(63(34)51(71)40(28-61)58-47(67)39-26-32-25-33(14-16-37(32)56-39)52(53,54)76(72,73)74)49(69)57-38(17-20-44(55)64)46(66)59-41(31-10-4-2-5-11-31)29-75-24-7-3-6-9-30-12-8-13-35-36(30)27-62(50(35)70)42-19-21-45(65)60-48(42)68/h2,4-5,8,10-14,16,25-26,34,38,40-43,56H,3,7,15,17-24,27-29H2,1H3,(H2,55,64)(H,57,69)(H,58,67)(H,59,66)(H,60,65,68)(H2,72,73,74)/t34-,38?,40+,41?,42?,43+/m1/s1. The van der Waals surface area contributed by atoms with E-state index < -0.39 is 90.5 Å². The van der Waals surface area contributed by atoms with Gasteiger partial charge in [-0.15, -0.1) is 0 Å². The maximum Gasteiger partial charge on any atom is 0.399 e. The summed E-state index contributed by atoms with van der Waals surface area (Å²) in [5, 5.41) is 10.8. The van der Waals surface area contributed by atoms with Crippen molar-refractivity contribution in [2.24, 2.45) is 5.73 Å². The Balaban J connectivity index is 0.894. The third kappa shape index (κ3) is 12.3. The van der Waals surface area contributed by atoms with E-state index in [0.29, 0.717) is 54.5 Å². The summed E-state index contributed by atoms with van der Waals surface area (Å²) in [6.07, 6.45) is 2.04. The molecule has 0 radical (unpaired) electrons. The minimum Gasteiger partial charge on any atom is -0.379 e. The highest BCUT2D eigenvalue weighted by Crippen LogP contribution is 2.59. The number of fused-ring (bicyclic) bond motifs is 3. The molecule has 4 aliphatic heterocycles. The van der Waals surface area contributed by atoms with Crippen molar-refractivity contribution >= 4 is 65.8 Å². The zero-order valence-corrected chi connectivity index (χ0v) is 42.3. The maximum absolute atomic E-state index is 14.5. The van der Waals surface area contributed by atoms with Crippen molar-refractivity contribution in [3.8, 4) is 11.8 Å². The van der Waals surface area contributed by atoms with E-state index in [1.165, 1.54) is 15.9 Å². The molecular formula is C52H58F2N9O12P. The Bertz CT molecular complexity index is 3050. The monoisotopic (exact) mass is 1070 g/mol. The van der Waals surface area contributed by atoms with Gasteiger partial charge in [-0.25, -0.2) is 0 Å². The number of benzene rings is 3. The third-order valence-electron chi connectivity index (χ3n) is 14.1. The molecular weight excluding hydrogens is 1010 g/mol. The summed E-state index contributed by atoms with van der Waals surface area (Å²) < 4.78 is 46.6. The van der Waals surface area contributed by atoms with Gasteiger partial charge in [0.05, 0.1) is 12.6 Å². The van der Waals surface area contributed by atoms with Gasteiger partial charge in [-0.3, -0.25) is 48.2 Å². The number of halogens is 2. The number of nitrogens with zero attached hydrogens (tertiary/aromatic N) is 3. The number of piperidine rings is 1. The van der Waals surface area contributed by atoms with Crippen molar-refractivity contribution in [3.63, 3.8) is 0 Å². The fraction of sp³-hybridized carbons (Fsp3) is 0.423. The van der Waals surface area contributed by atoms with Crippen LogP contribution in [0.5, 0.6) is 0 Å². The van der Waals surface area contributed by atoms with E-state index in [2.05, 4.69) is 38.1 Å². The van der Waals surface area contributed by atoms with E-state index >= 15 is 0 Å². The topological polar surface area (TPSA) is 303 Å². The van der Waals surface area contributed by atoms with Crippen LogP contribution in [-0.2, 0) is 50.3 Å². The molecule has 0 aliphatic carbocycles.